The first-order valence-electron chi connectivity index (χ1n) is 6.86. The summed E-state index contributed by atoms with van der Waals surface area (Å²) in [5, 5.41) is 0. The van der Waals surface area contributed by atoms with Gasteiger partial charge in [-0.2, -0.15) is 0 Å². The van der Waals surface area contributed by atoms with E-state index in [1.807, 2.05) is 0 Å². The molecule has 1 aliphatic carbocycles. The minimum absolute atomic E-state index is 0.227. The van der Waals surface area contributed by atoms with E-state index < -0.39 is 12.1 Å². The van der Waals surface area contributed by atoms with Crippen LogP contribution in [0.2, 0.25) is 0 Å². The molecule has 0 spiro atoms. The van der Waals surface area contributed by atoms with Crippen LogP contribution in [-0.2, 0) is 4.79 Å². The molecule has 2 fully saturated rings. The molecule has 3 amide bonds. The number of methoxy groups -OCH3 is 1. The van der Waals surface area contributed by atoms with E-state index in [0.717, 1.165) is 17.9 Å². The highest BCUT2D eigenvalue weighted by Gasteiger charge is 2.56. The quantitative estimate of drug-likeness (QED) is 0.705. The van der Waals surface area contributed by atoms with Crippen molar-refractivity contribution in [2.24, 2.45) is 17.6 Å². The van der Waals surface area contributed by atoms with Gasteiger partial charge in [0.2, 0.25) is 0 Å². The van der Waals surface area contributed by atoms with Gasteiger partial charge < -0.3 is 15.4 Å². The van der Waals surface area contributed by atoms with Crippen LogP contribution < -0.4 is 21.3 Å². The summed E-state index contributed by atoms with van der Waals surface area (Å²) in [4.78, 5) is 25.1. The number of primary amides is 1. The molecule has 1 saturated carbocycles. The Morgan fingerprint density at radius 1 is 1.33 bits per heavy atom. The van der Waals surface area contributed by atoms with Crippen molar-refractivity contribution in [1.29, 1.82) is 0 Å². The van der Waals surface area contributed by atoms with Crippen molar-refractivity contribution in [3.63, 3.8) is 0 Å². The number of urea groups is 1. The number of likely N-dealkylation sites (tertiary alicyclic amines) is 1. The van der Waals surface area contributed by atoms with Gasteiger partial charge in [-0.15, -0.1) is 0 Å². The predicted molar refractivity (Wildman–Crippen MR) is 76.4 cm³/mol. The maximum Gasteiger partial charge on any atom is 0.315 e. The molecule has 1 heterocycles. The van der Waals surface area contributed by atoms with E-state index in [1.165, 1.54) is 4.90 Å². The minimum atomic E-state index is -0.535. The van der Waals surface area contributed by atoms with Crippen LogP contribution in [-0.4, -0.2) is 36.5 Å². The van der Waals surface area contributed by atoms with E-state index in [2.05, 4.69) is 10.9 Å². The molecule has 21 heavy (non-hydrogen) atoms. The molecule has 3 rings (SSSR count). The van der Waals surface area contributed by atoms with Gasteiger partial charge in [0.05, 0.1) is 12.8 Å². The number of anilines is 1. The van der Waals surface area contributed by atoms with Gasteiger partial charge in [-0.05, 0) is 42.5 Å². The fourth-order valence-electron chi connectivity index (χ4n) is 2.91. The third kappa shape index (κ3) is 2.58. The predicted octanol–water partition coefficient (Wildman–Crippen LogP) is 0.537. The van der Waals surface area contributed by atoms with Gasteiger partial charge in [0.1, 0.15) is 11.8 Å². The lowest BCUT2D eigenvalue weighted by atomic mass is 10.2. The van der Waals surface area contributed by atoms with Crippen molar-refractivity contribution in [2.75, 3.05) is 19.1 Å². The maximum absolute atomic E-state index is 12.2. The summed E-state index contributed by atoms with van der Waals surface area (Å²) in [5.41, 5.74) is 11.5. The van der Waals surface area contributed by atoms with Crippen LogP contribution in [0.25, 0.3) is 0 Å². The Balaban J connectivity index is 1.59. The van der Waals surface area contributed by atoms with Gasteiger partial charge in [0, 0.05) is 6.54 Å². The highest BCUT2D eigenvalue weighted by molar-refractivity contribution is 5.89. The van der Waals surface area contributed by atoms with Crippen molar-refractivity contribution >= 4 is 17.6 Å². The monoisotopic (exact) mass is 290 g/mol. The summed E-state index contributed by atoms with van der Waals surface area (Å²) < 4.78 is 5.06. The lowest BCUT2D eigenvalue weighted by Gasteiger charge is -2.24. The summed E-state index contributed by atoms with van der Waals surface area (Å²) >= 11 is 0. The Bertz CT molecular complexity index is 560. The first-order chi connectivity index (χ1) is 10.1. The smallest absolute Gasteiger partial charge is 0.315 e. The number of ether oxygens (including phenoxy) is 1. The summed E-state index contributed by atoms with van der Waals surface area (Å²) in [5.74, 6) is 1.18. The number of hydrazine groups is 1. The van der Waals surface area contributed by atoms with Gasteiger partial charge in [-0.3, -0.25) is 15.6 Å². The number of fused-ring (bicyclic) bond motifs is 1. The zero-order valence-corrected chi connectivity index (χ0v) is 11.7. The number of benzene rings is 1. The number of hydrogen-bond donors (Lipinski definition) is 3. The number of carbonyl (C=O) groups excluding carboxylic acids is 2. The Morgan fingerprint density at radius 2 is 2.05 bits per heavy atom. The van der Waals surface area contributed by atoms with Crippen LogP contribution in [0.4, 0.5) is 10.5 Å². The number of nitrogens with one attached hydrogen (secondary N) is 2. The number of nitrogens with zero attached hydrogens (tertiary/aromatic N) is 1. The van der Waals surface area contributed by atoms with Gasteiger partial charge >= 0.3 is 6.03 Å². The van der Waals surface area contributed by atoms with Crippen LogP contribution >= 0.6 is 0 Å². The van der Waals surface area contributed by atoms with Gasteiger partial charge in [-0.1, -0.05) is 0 Å². The van der Waals surface area contributed by atoms with Crippen molar-refractivity contribution in [2.45, 2.75) is 12.5 Å². The normalized spacial score (nSPS) is 26.0. The van der Waals surface area contributed by atoms with Crippen LogP contribution in [0.15, 0.2) is 24.3 Å². The highest BCUT2D eigenvalue weighted by Crippen LogP contribution is 2.49. The molecular weight excluding hydrogens is 272 g/mol. The molecule has 0 radical (unpaired) electrons. The molecule has 1 saturated heterocycles. The molecule has 2 aliphatic rings. The zero-order chi connectivity index (χ0) is 15.0. The van der Waals surface area contributed by atoms with E-state index in [-0.39, 0.29) is 11.8 Å². The van der Waals surface area contributed by atoms with Crippen molar-refractivity contribution in [3.8, 4) is 5.75 Å². The van der Waals surface area contributed by atoms with Gasteiger partial charge in [-0.25, -0.2) is 4.79 Å². The summed E-state index contributed by atoms with van der Waals surface area (Å²) in [7, 11) is 1.59. The van der Waals surface area contributed by atoms with E-state index in [1.54, 1.807) is 31.4 Å². The fraction of sp³-hybridized carbons (Fsp3) is 0.429. The first kappa shape index (κ1) is 13.5. The average Bonchev–Trinajstić information content (AvgIpc) is 3.15. The number of piperidine rings is 1. The van der Waals surface area contributed by atoms with Gasteiger partial charge in [0.25, 0.3) is 5.91 Å². The van der Waals surface area contributed by atoms with E-state index in [9.17, 15) is 9.59 Å². The summed E-state index contributed by atoms with van der Waals surface area (Å²) in [6, 6.07) is 6.16. The summed E-state index contributed by atoms with van der Waals surface area (Å²) in [6.45, 7) is 0.584. The Kier molecular flexibility index (Phi) is 3.32. The van der Waals surface area contributed by atoms with Crippen molar-refractivity contribution < 1.29 is 14.3 Å². The molecular formula is C14H18N4O3. The van der Waals surface area contributed by atoms with Crippen LogP contribution in [0.3, 0.4) is 0 Å². The van der Waals surface area contributed by atoms with Crippen molar-refractivity contribution in [3.05, 3.63) is 24.3 Å². The number of rotatable bonds is 4. The maximum atomic E-state index is 12.2. The molecule has 0 aromatic heterocycles. The van der Waals surface area contributed by atoms with Crippen LogP contribution in [0, 0.1) is 11.8 Å². The van der Waals surface area contributed by atoms with E-state index >= 15 is 0 Å². The average molecular weight is 290 g/mol. The topological polar surface area (TPSA) is 96.7 Å². The second kappa shape index (κ2) is 5.16. The second-order valence-corrected chi connectivity index (χ2v) is 5.44. The third-order valence-corrected chi connectivity index (χ3v) is 4.12. The fourth-order valence-corrected chi connectivity index (χ4v) is 2.91. The molecule has 3 unspecified atom stereocenters. The number of nitrogens with two attached hydrogens (primary N) is 1. The molecule has 1 aromatic rings. The lowest BCUT2D eigenvalue weighted by molar-refractivity contribution is -0.124. The first-order valence-corrected chi connectivity index (χ1v) is 6.86. The molecule has 0 bridgehead atoms. The van der Waals surface area contributed by atoms with Crippen LogP contribution in [0.5, 0.6) is 5.75 Å². The van der Waals surface area contributed by atoms with Crippen molar-refractivity contribution in [1.82, 2.24) is 10.3 Å². The molecule has 3 atom stereocenters. The molecule has 7 nitrogen and oxygen atoms in total. The SMILES string of the molecule is COc1ccc(NNC(=O)C2C3CC3CN2C(N)=O)cc1. The molecule has 112 valence electrons. The highest BCUT2D eigenvalue weighted by atomic mass is 16.5. The number of carbonyl (C=O) groups is 2. The summed E-state index contributed by atoms with van der Waals surface area (Å²) in [6.07, 6.45) is 0.990. The standard InChI is InChI=1S/C14H18N4O3/c1-21-10-4-2-9(3-5-10)16-17-13(19)12-11-6-8(11)7-18(12)14(15)20/h2-5,8,11-12,16H,6-7H2,1H3,(H2,15,20)(H,17,19). The third-order valence-electron chi connectivity index (χ3n) is 4.12. The Hall–Kier alpha value is -2.44. The second-order valence-electron chi connectivity index (χ2n) is 5.44. The molecule has 7 heteroatoms. The van der Waals surface area contributed by atoms with E-state index in [4.69, 9.17) is 10.5 Å². The number of hydrogen-bond acceptors (Lipinski definition) is 4. The minimum Gasteiger partial charge on any atom is -0.497 e. The van der Waals surface area contributed by atoms with Gasteiger partial charge in [0.15, 0.2) is 0 Å². The Labute approximate surface area is 122 Å². The lowest BCUT2D eigenvalue weighted by Crippen LogP contribution is -2.51. The van der Waals surface area contributed by atoms with Crippen LogP contribution in [0.1, 0.15) is 6.42 Å². The molecule has 4 N–H and O–H groups in total. The van der Waals surface area contributed by atoms with E-state index in [0.29, 0.717) is 12.5 Å². The Morgan fingerprint density at radius 3 is 2.67 bits per heavy atom. The number of amides is 3. The zero-order valence-electron chi connectivity index (χ0n) is 11.7. The largest absolute Gasteiger partial charge is 0.497 e. The molecule has 1 aromatic carbocycles. The molecule has 1 aliphatic heterocycles.